The Morgan fingerprint density at radius 3 is 2.55 bits per heavy atom. The van der Waals surface area contributed by atoms with Crippen molar-refractivity contribution in [2.75, 3.05) is 17.2 Å². The molecule has 2 aromatic rings. The summed E-state index contributed by atoms with van der Waals surface area (Å²) in [5, 5.41) is 6.98. The second-order valence-corrected chi connectivity index (χ2v) is 5.24. The summed E-state index contributed by atoms with van der Waals surface area (Å²) >= 11 is 17.7. The third-order valence-corrected chi connectivity index (χ3v) is 3.56. The zero-order chi connectivity index (χ0) is 14.5. The van der Waals surface area contributed by atoms with Gasteiger partial charge in [0.1, 0.15) is 0 Å². The molecule has 0 radical (unpaired) electrons. The summed E-state index contributed by atoms with van der Waals surface area (Å²) < 4.78 is 0. The molecule has 0 atom stereocenters. The maximum atomic E-state index is 11.8. The molecular weight excluding hydrogens is 319 g/mol. The number of carbonyl (C=O) groups is 1. The molecule has 0 bridgehead atoms. The van der Waals surface area contributed by atoms with Crippen LogP contribution < -0.4 is 10.6 Å². The smallest absolute Gasteiger partial charge is 0.243 e. The maximum Gasteiger partial charge on any atom is 0.243 e. The third kappa shape index (κ3) is 4.04. The Morgan fingerprint density at radius 2 is 1.80 bits per heavy atom. The van der Waals surface area contributed by atoms with Crippen molar-refractivity contribution in [2.45, 2.75) is 0 Å². The van der Waals surface area contributed by atoms with Gasteiger partial charge in [0.2, 0.25) is 5.91 Å². The molecule has 0 aliphatic carbocycles. The zero-order valence-electron chi connectivity index (χ0n) is 10.3. The maximum absolute atomic E-state index is 11.8. The van der Waals surface area contributed by atoms with E-state index in [0.717, 1.165) is 5.69 Å². The number of amides is 1. The summed E-state index contributed by atoms with van der Waals surface area (Å²) in [5.74, 6) is -0.228. The van der Waals surface area contributed by atoms with Crippen LogP contribution >= 0.6 is 34.8 Å². The highest BCUT2D eigenvalue weighted by Crippen LogP contribution is 2.29. The van der Waals surface area contributed by atoms with Crippen LogP contribution in [0.25, 0.3) is 0 Å². The Balaban J connectivity index is 1.94. The minimum absolute atomic E-state index is 0.100. The van der Waals surface area contributed by atoms with Crippen molar-refractivity contribution < 1.29 is 4.79 Å². The number of carbonyl (C=O) groups excluding carboxylic acids is 1. The van der Waals surface area contributed by atoms with E-state index in [-0.39, 0.29) is 12.5 Å². The Kier molecular flexibility index (Phi) is 5.12. The summed E-state index contributed by atoms with van der Waals surface area (Å²) in [6.07, 6.45) is 0. The second-order valence-electron chi connectivity index (χ2n) is 4.01. The fraction of sp³-hybridized carbons (Fsp3) is 0.0714. The molecule has 0 saturated carbocycles. The second kappa shape index (κ2) is 6.84. The van der Waals surface area contributed by atoms with Crippen molar-refractivity contribution in [3.05, 3.63) is 57.5 Å². The van der Waals surface area contributed by atoms with Crippen LogP contribution in [0, 0.1) is 0 Å². The van der Waals surface area contributed by atoms with E-state index in [2.05, 4.69) is 10.6 Å². The van der Waals surface area contributed by atoms with Gasteiger partial charge in [0.15, 0.2) is 0 Å². The lowest BCUT2D eigenvalue weighted by atomic mass is 10.3. The number of anilines is 2. The molecule has 0 fully saturated rings. The average Bonchev–Trinajstić information content (AvgIpc) is 2.42. The molecule has 20 heavy (non-hydrogen) atoms. The number of rotatable bonds is 4. The lowest BCUT2D eigenvalue weighted by Crippen LogP contribution is -2.21. The van der Waals surface area contributed by atoms with Crippen molar-refractivity contribution in [3.8, 4) is 0 Å². The van der Waals surface area contributed by atoms with Crippen LogP contribution in [0.3, 0.4) is 0 Å². The van der Waals surface area contributed by atoms with Gasteiger partial charge in [0, 0.05) is 10.7 Å². The van der Waals surface area contributed by atoms with E-state index in [1.54, 1.807) is 36.4 Å². The van der Waals surface area contributed by atoms with Gasteiger partial charge in [0.05, 0.1) is 22.3 Å². The highest BCUT2D eigenvalue weighted by atomic mass is 35.5. The third-order valence-electron chi connectivity index (χ3n) is 2.50. The van der Waals surface area contributed by atoms with Crippen molar-refractivity contribution in [1.82, 2.24) is 0 Å². The molecule has 1 amide bonds. The molecule has 0 spiro atoms. The minimum Gasteiger partial charge on any atom is -0.376 e. The molecule has 0 aliphatic heterocycles. The molecule has 2 aromatic carbocycles. The van der Waals surface area contributed by atoms with Crippen LogP contribution in [0.4, 0.5) is 11.4 Å². The quantitative estimate of drug-likeness (QED) is 0.854. The van der Waals surface area contributed by atoms with E-state index in [1.165, 1.54) is 0 Å². The van der Waals surface area contributed by atoms with Gasteiger partial charge in [-0.05, 0) is 30.3 Å². The molecule has 0 saturated heterocycles. The number of halogens is 3. The van der Waals surface area contributed by atoms with Crippen LogP contribution in [0.15, 0.2) is 42.5 Å². The van der Waals surface area contributed by atoms with Crippen molar-refractivity contribution in [3.63, 3.8) is 0 Å². The molecule has 2 N–H and O–H groups in total. The van der Waals surface area contributed by atoms with Gasteiger partial charge < -0.3 is 10.6 Å². The molecule has 0 aromatic heterocycles. The standard InChI is InChI=1S/C14H11Cl3N2O/c15-9-3-1-4-10(7-9)18-8-13(20)19-12-6-2-5-11(16)14(12)17/h1-7,18H,8H2,(H,19,20). The molecule has 0 aliphatic rings. The Labute approximate surface area is 131 Å². The fourth-order valence-electron chi connectivity index (χ4n) is 1.58. The first kappa shape index (κ1) is 15.0. The zero-order valence-corrected chi connectivity index (χ0v) is 12.6. The van der Waals surface area contributed by atoms with E-state index in [0.29, 0.717) is 20.8 Å². The normalized spacial score (nSPS) is 10.2. The SMILES string of the molecule is O=C(CNc1cccc(Cl)c1)Nc1cccc(Cl)c1Cl. The first-order valence-corrected chi connectivity index (χ1v) is 6.93. The molecule has 0 heterocycles. The summed E-state index contributed by atoms with van der Waals surface area (Å²) in [7, 11) is 0. The van der Waals surface area contributed by atoms with Gasteiger partial charge in [-0.2, -0.15) is 0 Å². The van der Waals surface area contributed by atoms with Gasteiger partial charge in [-0.25, -0.2) is 0 Å². The molecule has 0 unspecified atom stereocenters. The van der Waals surface area contributed by atoms with E-state index in [4.69, 9.17) is 34.8 Å². The number of hydrogen-bond acceptors (Lipinski definition) is 2. The van der Waals surface area contributed by atoms with E-state index < -0.39 is 0 Å². The van der Waals surface area contributed by atoms with E-state index >= 15 is 0 Å². The van der Waals surface area contributed by atoms with Crippen LogP contribution in [-0.2, 0) is 4.79 Å². The van der Waals surface area contributed by atoms with E-state index in [9.17, 15) is 4.79 Å². The summed E-state index contributed by atoms with van der Waals surface area (Å²) in [5.41, 5.74) is 1.25. The molecule has 2 rings (SSSR count). The highest BCUT2D eigenvalue weighted by Gasteiger charge is 2.08. The van der Waals surface area contributed by atoms with Crippen molar-refractivity contribution in [1.29, 1.82) is 0 Å². The monoisotopic (exact) mass is 328 g/mol. The Bertz CT molecular complexity index is 632. The fourth-order valence-corrected chi connectivity index (χ4v) is 2.11. The van der Waals surface area contributed by atoms with Gasteiger partial charge in [-0.3, -0.25) is 4.79 Å². The van der Waals surface area contributed by atoms with Crippen molar-refractivity contribution in [2.24, 2.45) is 0 Å². The lowest BCUT2D eigenvalue weighted by Gasteiger charge is -2.09. The molecule has 104 valence electrons. The van der Waals surface area contributed by atoms with Crippen molar-refractivity contribution >= 4 is 52.1 Å². The Hall–Kier alpha value is -1.42. The summed E-state index contributed by atoms with van der Waals surface area (Å²) in [6.45, 7) is 0.100. The van der Waals surface area contributed by atoms with Crippen LogP contribution in [-0.4, -0.2) is 12.5 Å². The van der Waals surface area contributed by atoms with E-state index in [1.807, 2.05) is 6.07 Å². The minimum atomic E-state index is -0.228. The predicted octanol–water partition coefficient (Wildman–Crippen LogP) is 4.70. The summed E-state index contributed by atoms with van der Waals surface area (Å²) in [4.78, 5) is 11.8. The largest absolute Gasteiger partial charge is 0.376 e. The lowest BCUT2D eigenvalue weighted by molar-refractivity contribution is -0.114. The number of benzene rings is 2. The van der Waals surface area contributed by atoms with Crippen LogP contribution in [0.1, 0.15) is 0 Å². The van der Waals surface area contributed by atoms with Crippen LogP contribution in [0.5, 0.6) is 0 Å². The molecule has 6 heteroatoms. The van der Waals surface area contributed by atoms with Gasteiger partial charge in [-0.15, -0.1) is 0 Å². The number of nitrogens with one attached hydrogen (secondary N) is 2. The van der Waals surface area contributed by atoms with Crippen LogP contribution in [0.2, 0.25) is 15.1 Å². The topological polar surface area (TPSA) is 41.1 Å². The van der Waals surface area contributed by atoms with Gasteiger partial charge in [0.25, 0.3) is 0 Å². The average molecular weight is 330 g/mol. The first-order chi connectivity index (χ1) is 9.56. The summed E-state index contributed by atoms with van der Waals surface area (Å²) in [6, 6.07) is 12.2. The predicted molar refractivity (Wildman–Crippen MR) is 85.0 cm³/mol. The Morgan fingerprint density at radius 1 is 1.05 bits per heavy atom. The number of hydrogen-bond donors (Lipinski definition) is 2. The van der Waals surface area contributed by atoms with Gasteiger partial charge in [-0.1, -0.05) is 46.9 Å². The first-order valence-electron chi connectivity index (χ1n) is 5.79. The molecule has 3 nitrogen and oxygen atoms in total. The van der Waals surface area contributed by atoms with Gasteiger partial charge >= 0.3 is 0 Å². The highest BCUT2D eigenvalue weighted by molar-refractivity contribution is 6.44. The molecular formula is C14H11Cl3N2O.